The van der Waals surface area contributed by atoms with E-state index >= 15 is 0 Å². The van der Waals surface area contributed by atoms with Gasteiger partial charge in [-0.3, -0.25) is 4.79 Å². The van der Waals surface area contributed by atoms with Crippen molar-refractivity contribution in [3.8, 4) is 0 Å². The summed E-state index contributed by atoms with van der Waals surface area (Å²) >= 11 is 0. The van der Waals surface area contributed by atoms with Crippen molar-refractivity contribution in [1.29, 1.82) is 0 Å². The maximum atomic E-state index is 12.6. The second-order valence-corrected chi connectivity index (χ2v) is 7.06. The molecule has 26 heavy (non-hydrogen) atoms. The third kappa shape index (κ3) is 3.12. The maximum absolute atomic E-state index is 12.6. The highest BCUT2D eigenvalue weighted by atomic mass is 16.2. The first-order valence-corrected chi connectivity index (χ1v) is 9.58. The second-order valence-electron chi connectivity index (χ2n) is 7.06. The summed E-state index contributed by atoms with van der Waals surface area (Å²) in [5, 5.41) is 0. The van der Waals surface area contributed by atoms with Gasteiger partial charge in [-0.1, -0.05) is 50.1 Å². The van der Waals surface area contributed by atoms with Crippen LogP contribution in [0.15, 0.2) is 54.6 Å². The van der Waals surface area contributed by atoms with Gasteiger partial charge in [0, 0.05) is 31.1 Å². The molecule has 4 heteroatoms. The van der Waals surface area contributed by atoms with Crippen molar-refractivity contribution in [1.82, 2.24) is 9.55 Å². The molecule has 1 saturated heterocycles. The lowest BCUT2D eigenvalue weighted by Gasteiger charge is -2.17. The molecular weight excluding hydrogens is 322 g/mol. The Hall–Kier alpha value is -2.62. The summed E-state index contributed by atoms with van der Waals surface area (Å²) in [7, 11) is 0. The zero-order valence-electron chi connectivity index (χ0n) is 15.3. The van der Waals surface area contributed by atoms with Gasteiger partial charge in [-0.2, -0.15) is 0 Å². The average molecular weight is 347 g/mol. The van der Waals surface area contributed by atoms with E-state index in [1.807, 2.05) is 41.3 Å². The van der Waals surface area contributed by atoms with Crippen LogP contribution in [0.4, 0.5) is 5.69 Å². The molecule has 1 atom stereocenters. The molecule has 3 aromatic rings. The van der Waals surface area contributed by atoms with E-state index in [1.54, 1.807) is 0 Å². The first-order chi connectivity index (χ1) is 12.8. The van der Waals surface area contributed by atoms with Crippen molar-refractivity contribution in [3.05, 3.63) is 60.4 Å². The zero-order chi connectivity index (χ0) is 17.9. The van der Waals surface area contributed by atoms with Crippen LogP contribution in [-0.2, 0) is 11.3 Å². The van der Waals surface area contributed by atoms with Crippen LogP contribution >= 0.6 is 0 Å². The van der Waals surface area contributed by atoms with Crippen molar-refractivity contribution >= 4 is 22.6 Å². The van der Waals surface area contributed by atoms with Crippen molar-refractivity contribution in [2.75, 3.05) is 11.4 Å². The molecule has 0 unspecified atom stereocenters. The molecule has 1 fully saturated rings. The molecule has 1 aliphatic heterocycles. The molecule has 1 aliphatic rings. The minimum atomic E-state index is 0.150. The number of carbonyl (C=O) groups excluding carboxylic acids is 1. The molecule has 4 nitrogen and oxygen atoms in total. The molecule has 1 amide bonds. The van der Waals surface area contributed by atoms with Crippen LogP contribution in [0.2, 0.25) is 0 Å². The molecule has 0 spiro atoms. The summed E-state index contributed by atoms with van der Waals surface area (Å²) < 4.78 is 2.34. The fourth-order valence-electron chi connectivity index (χ4n) is 3.90. The average Bonchev–Trinajstić information content (AvgIpc) is 3.23. The van der Waals surface area contributed by atoms with Gasteiger partial charge in [-0.05, 0) is 30.7 Å². The predicted molar refractivity (Wildman–Crippen MR) is 105 cm³/mol. The molecule has 0 N–H and O–H groups in total. The third-order valence-corrected chi connectivity index (χ3v) is 5.23. The fourth-order valence-corrected chi connectivity index (χ4v) is 3.90. The Morgan fingerprint density at radius 1 is 1.04 bits per heavy atom. The van der Waals surface area contributed by atoms with Gasteiger partial charge in [-0.15, -0.1) is 0 Å². The number of unbranched alkanes of at least 4 members (excludes halogenated alkanes) is 2. The minimum absolute atomic E-state index is 0.150. The number of hydrogen-bond donors (Lipinski definition) is 0. The van der Waals surface area contributed by atoms with Gasteiger partial charge >= 0.3 is 0 Å². The number of hydrogen-bond acceptors (Lipinski definition) is 2. The summed E-state index contributed by atoms with van der Waals surface area (Å²) in [4.78, 5) is 19.5. The predicted octanol–water partition coefficient (Wildman–Crippen LogP) is 4.75. The summed E-state index contributed by atoms with van der Waals surface area (Å²) in [6.07, 6.45) is 4.09. The Bertz CT molecular complexity index is 900. The number of nitrogens with zero attached hydrogens (tertiary/aromatic N) is 3. The highest BCUT2D eigenvalue weighted by Gasteiger charge is 2.34. The van der Waals surface area contributed by atoms with Crippen molar-refractivity contribution in [3.63, 3.8) is 0 Å². The van der Waals surface area contributed by atoms with E-state index in [0.29, 0.717) is 13.0 Å². The molecular formula is C22H25N3O. The fraction of sp³-hybridized carbons (Fsp3) is 0.364. The number of carbonyl (C=O) groups is 1. The van der Waals surface area contributed by atoms with E-state index < -0.39 is 0 Å². The summed E-state index contributed by atoms with van der Waals surface area (Å²) in [6.45, 7) is 3.90. The number of para-hydroxylation sites is 3. The van der Waals surface area contributed by atoms with Crippen LogP contribution in [0.1, 0.15) is 44.3 Å². The third-order valence-electron chi connectivity index (χ3n) is 5.23. The van der Waals surface area contributed by atoms with Crippen LogP contribution in [0, 0.1) is 0 Å². The highest BCUT2D eigenvalue weighted by molar-refractivity contribution is 5.96. The van der Waals surface area contributed by atoms with Gasteiger partial charge in [0.1, 0.15) is 5.82 Å². The molecule has 2 aromatic carbocycles. The number of amides is 1. The monoisotopic (exact) mass is 347 g/mol. The topological polar surface area (TPSA) is 38.1 Å². The van der Waals surface area contributed by atoms with Crippen LogP contribution in [0.5, 0.6) is 0 Å². The highest BCUT2D eigenvalue weighted by Crippen LogP contribution is 2.33. The Morgan fingerprint density at radius 3 is 2.62 bits per heavy atom. The van der Waals surface area contributed by atoms with Crippen LogP contribution in [0.3, 0.4) is 0 Å². The number of fused-ring (bicyclic) bond motifs is 1. The number of rotatable bonds is 6. The smallest absolute Gasteiger partial charge is 0.227 e. The summed E-state index contributed by atoms with van der Waals surface area (Å²) in [5.41, 5.74) is 3.20. The molecule has 0 radical (unpaired) electrons. The van der Waals surface area contributed by atoms with E-state index in [-0.39, 0.29) is 11.8 Å². The first-order valence-electron chi connectivity index (χ1n) is 9.58. The van der Waals surface area contributed by atoms with Crippen LogP contribution < -0.4 is 4.90 Å². The molecule has 0 saturated carbocycles. The lowest BCUT2D eigenvalue weighted by atomic mass is 10.1. The van der Waals surface area contributed by atoms with Gasteiger partial charge < -0.3 is 9.47 Å². The molecule has 0 bridgehead atoms. The van der Waals surface area contributed by atoms with Gasteiger partial charge in [0.05, 0.1) is 11.0 Å². The van der Waals surface area contributed by atoms with Gasteiger partial charge in [0.15, 0.2) is 0 Å². The van der Waals surface area contributed by atoms with E-state index in [4.69, 9.17) is 4.98 Å². The molecule has 4 rings (SSSR count). The first kappa shape index (κ1) is 16.8. The molecule has 134 valence electrons. The van der Waals surface area contributed by atoms with E-state index in [2.05, 4.69) is 29.7 Å². The molecule has 1 aromatic heterocycles. The lowest BCUT2D eigenvalue weighted by molar-refractivity contribution is -0.117. The van der Waals surface area contributed by atoms with Gasteiger partial charge in [-0.25, -0.2) is 4.98 Å². The number of aryl methyl sites for hydroxylation is 1. The number of benzene rings is 2. The van der Waals surface area contributed by atoms with Crippen molar-refractivity contribution < 1.29 is 4.79 Å². The quantitative estimate of drug-likeness (QED) is 0.604. The van der Waals surface area contributed by atoms with E-state index in [0.717, 1.165) is 30.0 Å². The Balaban J connectivity index is 1.66. The number of anilines is 1. The summed E-state index contributed by atoms with van der Waals surface area (Å²) in [6, 6.07) is 18.3. The standard InChI is InChI=1S/C22H25N3O/c1-2-3-9-14-24-20-13-8-7-12-19(20)23-22(24)17-15-21(26)25(16-17)18-10-5-4-6-11-18/h4-8,10-13,17H,2-3,9,14-16H2,1H3/t17-/m1/s1. The molecule has 0 aliphatic carbocycles. The Labute approximate surface area is 154 Å². The maximum Gasteiger partial charge on any atom is 0.227 e. The van der Waals surface area contributed by atoms with Crippen LogP contribution in [-0.4, -0.2) is 22.0 Å². The van der Waals surface area contributed by atoms with Crippen molar-refractivity contribution in [2.24, 2.45) is 0 Å². The van der Waals surface area contributed by atoms with Crippen LogP contribution in [0.25, 0.3) is 11.0 Å². The number of imidazole rings is 1. The summed E-state index contributed by atoms with van der Waals surface area (Å²) in [5.74, 6) is 1.40. The van der Waals surface area contributed by atoms with Gasteiger partial charge in [0.25, 0.3) is 0 Å². The normalized spacial score (nSPS) is 17.3. The zero-order valence-corrected chi connectivity index (χ0v) is 15.3. The Morgan fingerprint density at radius 2 is 1.81 bits per heavy atom. The minimum Gasteiger partial charge on any atom is -0.328 e. The van der Waals surface area contributed by atoms with E-state index in [1.165, 1.54) is 18.4 Å². The SMILES string of the molecule is CCCCCn1c([C@@H]2CC(=O)N(c3ccccc3)C2)nc2ccccc21. The second kappa shape index (κ2) is 7.32. The van der Waals surface area contributed by atoms with E-state index in [9.17, 15) is 4.79 Å². The molecule has 2 heterocycles. The van der Waals surface area contributed by atoms with Gasteiger partial charge in [0.2, 0.25) is 5.91 Å². The lowest BCUT2D eigenvalue weighted by Crippen LogP contribution is -2.24. The largest absolute Gasteiger partial charge is 0.328 e. The number of aromatic nitrogens is 2. The van der Waals surface area contributed by atoms with Crippen molar-refractivity contribution in [2.45, 2.75) is 45.1 Å². The Kier molecular flexibility index (Phi) is 4.74.